The molecule has 0 bridgehead atoms. The molecule has 0 aromatic heterocycles. The van der Waals surface area contributed by atoms with E-state index >= 15 is 0 Å². The summed E-state index contributed by atoms with van der Waals surface area (Å²) in [6.07, 6.45) is 9.69. The monoisotopic (exact) mass is 182 g/mol. The fourth-order valence-corrected chi connectivity index (χ4v) is 2.08. The number of hydrogen-bond donors (Lipinski definition) is 1. The normalized spacial score (nSPS) is 21.9. The van der Waals surface area contributed by atoms with Crippen LogP contribution in [0.2, 0.25) is 0 Å². The minimum absolute atomic E-state index is 0.440. The van der Waals surface area contributed by atoms with E-state index in [1.165, 1.54) is 6.42 Å². The molecule has 0 aromatic carbocycles. The maximum atomic E-state index is 11.1. The average molecular weight is 182 g/mol. The standard InChI is InChI=1S/C11H18O2/c1-2-3-7-11(10(12)13)8-5-4-6-9-11/h2-3H,4-9H2,1H3,(H,12,13)/b3-2+. The summed E-state index contributed by atoms with van der Waals surface area (Å²) in [6, 6.07) is 0. The number of carboxylic acid groups (broad SMARTS) is 1. The highest BCUT2D eigenvalue weighted by atomic mass is 16.4. The van der Waals surface area contributed by atoms with Crippen molar-refractivity contribution in [1.29, 1.82) is 0 Å². The molecule has 2 nitrogen and oxygen atoms in total. The molecule has 2 heteroatoms. The molecule has 0 unspecified atom stereocenters. The molecule has 0 heterocycles. The Balaban J connectivity index is 2.67. The summed E-state index contributed by atoms with van der Waals surface area (Å²) in [4.78, 5) is 11.1. The van der Waals surface area contributed by atoms with Crippen LogP contribution in [0.15, 0.2) is 12.2 Å². The maximum absolute atomic E-state index is 11.1. The fraction of sp³-hybridized carbons (Fsp3) is 0.727. The average Bonchev–Trinajstić information content (AvgIpc) is 2.16. The summed E-state index contributed by atoms with van der Waals surface area (Å²) in [5.74, 6) is -0.606. The van der Waals surface area contributed by atoms with Gasteiger partial charge in [0.2, 0.25) is 0 Å². The van der Waals surface area contributed by atoms with E-state index in [2.05, 4.69) is 0 Å². The van der Waals surface area contributed by atoms with Gasteiger partial charge in [-0.3, -0.25) is 4.79 Å². The van der Waals surface area contributed by atoms with E-state index in [4.69, 9.17) is 0 Å². The molecular weight excluding hydrogens is 164 g/mol. The Morgan fingerprint density at radius 2 is 2.00 bits per heavy atom. The number of aliphatic carboxylic acids is 1. The van der Waals surface area contributed by atoms with Crippen molar-refractivity contribution >= 4 is 5.97 Å². The molecule has 13 heavy (non-hydrogen) atoms. The maximum Gasteiger partial charge on any atom is 0.309 e. The van der Waals surface area contributed by atoms with Gasteiger partial charge in [0.1, 0.15) is 0 Å². The molecule has 0 aromatic rings. The van der Waals surface area contributed by atoms with Gasteiger partial charge in [0.15, 0.2) is 0 Å². The third-order valence-electron chi connectivity index (χ3n) is 3.01. The lowest BCUT2D eigenvalue weighted by atomic mass is 9.72. The van der Waals surface area contributed by atoms with Crippen LogP contribution in [0.4, 0.5) is 0 Å². The van der Waals surface area contributed by atoms with Gasteiger partial charge in [-0.1, -0.05) is 31.4 Å². The molecule has 1 aliphatic carbocycles. The first-order valence-corrected chi connectivity index (χ1v) is 5.06. The van der Waals surface area contributed by atoms with Crippen molar-refractivity contribution in [2.75, 3.05) is 0 Å². The van der Waals surface area contributed by atoms with Crippen LogP contribution in [-0.2, 0) is 4.79 Å². The second-order valence-electron chi connectivity index (χ2n) is 3.92. The molecule has 0 aliphatic heterocycles. The molecule has 0 saturated heterocycles. The highest BCUT2D eigenvalue weighted by Gasteiger charge is 2.38. The molecule has 0 atom stereocenters. The number of carbonyl (C=O) groups is 1. The first-order chi connectivity index (χ1) is 6.21. The van der Waals surface area contributed by atoms with E-state index in [0.29, 0.717) is 6.42 Å². The zero-order valence-corrected chi connectivity index (χ0v) is 8.25. The van der Waals surface area contributed by atoms with E-state index in [-0.39, 0.29) is 0 Å². The summed E-state index contributed by atoms with van der Waals surface area (Å²) in [5.41, 5.74) is -0.440. The summed E-state index contributed by atoms with van der Waals surface area (Å²) in [7, 11) is 0. The van der Waals surface area contributed by atoms with Crippen molar-refractivity contribution in [2.45, 2.75) is 45.4 Å². The Morgan fingerprint density at radius 1 is 1.38 bits per heavy atom. The SMILES string of the molecule is C/C=C/CC1(C(=O)O)CCCCC1. The topological polar surface area (TPSA) is 37.3 Å². The number of allylic oxidation sites excluding steroid dienone is 2. The van der Waals surface area contributed by atoms with E-state index in [9.17, 15) is 9.90 Å². The van der Waals surface area contributed by atoms with E-state index in [1.807, 2.05) is 19.1 Å². The van der Waals surface area contributed by atoms with Gasteiger partial charge in [0.25, 0.3) is 0 Å². The van der Waals surface area contributed by atoms with Crippen LogP contribution in [0.5, 0.6) is 0 Å². The van der Waals surface area contributed by atoms with Crippen molar-refractivity contribution in [3.05, 3.63) is 12.2 Å². The Labute approximate surface area is 79.6 Å². The van der Waals surface area contributed by atoms with Crippen LogP contribution in [0.25, 0.3) is 0 Å². The second-order valence-corrected chi connectivity index (χ2v) is 3.92. The first-order valence-electron chi connectivity index (χ1n) is 5.06. The van der Waals surface area contributed by atoms with Crippen LogP contribution in [0.1, 0.15) is 45.4 Å². The Kier molecular flexibility index (Phi) is 3.52. The van der Waals surface area contributed by atoms with Crippen LogP contribution in [0.3, 0.4) is 0 Å². The van der Waals surface area contributed by atoms with Crippen molar-refractivity contribution in [1.82, 2.24) is 0 Å². The van der Waals surface area contributed by atoms with Crippen LogP contribution in [-0.4, -0.2) is 11.1 Å². The van der Waals surface area contributed by atoms with E-state index in [0.717, 1.165) is 25.7 Å². The molecule has 1 rings (SSSR count). The minimum atomic E-state index is -0.606. The molecule has 74 valence electrons. The van der Waals surface area contributed by atoms with Gasteiger partial charge in [-0.15, -0.1) is 0 Å². The number of carboxylic acids is 1. The molecule has 1 fully saturated rings. The van der Waals surface area contributed by atoms with Gasteiger partial charge in [-0.05, 0) is 26.2 Å². The lowest BCUT2D eigenvalue weighted by Gasteiger charge is -2.32. The quantitative estimate of drug-likeness (QED) is 0.681. The highest BCUT2D eigenvalue weighted by molar-refractivity contribution is 5.75. The summed E-state index contributed by atoms with van der Waals surface area (Å²) in [5, 5.41) is 9.18. The Bertz CT molecular complexity index is 200. The zero-order chi connectivity index (χ0) is 9.73. The fourth-order valence-electron chi connectivity index (χ4n) is 2.08. The third-order valence-corrected chi connectivity index (χ3v) is 3.01. The van der Waals surface area contributed by atoms with Crippen molar-refractivity contribution in [3.63, 3.8) is 0 Å². The van der Waals surface area contributed by atoms with Crippen molar-refractivity contribution in [2.24, 2.45) is 5.41 Å². The van der Waals surface area contributed by atoms with E-state index < -0.39 is 11.4 Å². The first kappa shape index (κ1) is 10.3. The highest BCUT2D eigenvalue weighted by Crippen LogP contribution is 2.39. The molecule has 0 radical (unpaired) electrons. The second kappa shape index (κ2) is 4.45. The summed E-state index contributed by atoms with van der Waals surface area (Å²) in [6.45, 7) is 1.94. The molecular formula is C11H18O2. The third kappa shape index (κ3) is 2.33. The Hall–Kier alpha value is -0.790. The van der Waals surface area contributed by atoms with Crippen molar-refractivity contribution < 1.29 is 9.90 Å². The van der Waals surface area contributed by atoms with Crippen LogP contribution in [0, 0.1) is 5.41 Å². The molecule has 1 saturated carbocycles. The number of rotatable bonds is 3. The smallest absolute Gasteiger partial charge is 0.309 e. The largest absolute Gasteiger partial charge is 0.481 e. The van der Waals surface area contributed by atoms with Gasteiger partial charge in [-0.25, -0.2) is 0 Å². The molecule has 1 N–H and O–H groups in total. The zero-order valence-electron chi connectivity index (χ0n) is 8.25. The van der Waals surface area contributed by atoms with Gasteiger partial charge >= 0.3 is 5.97 Å². The Morgan fingerprint density at radius 3 is 2.46 bits per heavy atom. The molecule has 1 aliphatic rings. The summed E-state index contributed by atoms with van der Waals surface area (Å²) >= 11 is 0. The van der Waals surface area contributed by atoms with Gasteiger partial charge < -0.3 is 5.11 Å². The van der Waals surface area contributed by atoms with E-state index in [1.54, 1.807) is 0 Å². The van der Waals surface area contributed by atoms with Gasteiger partial charge in [-0.2, -0.15) is 0 Å². The van der Waals surface area contributed by atoms with Gasteiger partial charge in [0, 0.05) is 0 Å². The number of hydrogen-bond acceptors (Lipinski definition) is 1. The predicted octanol–water partition coefficient (Wildman–Crippen LogP) is 2.99. The summed E-state index contributed by atoms with van der Waals surface area (Å²) < 4.78 is 0. The lowest BCUT2D eigenvalue weighted by Crippen LogP contribution is -2.32. The van der Waals surface area contributed by atoms with Crippen molar-refractivity contribution in [3.8, 4) is 0 Å². The molecule has 0 amide bonds. The van der Waals surface area contributed by atoms with Crippen LogP contribution < -0.4 is 0 Å². The minimum Gasteiger partial charge on any atom is -0.481 e. The predicted molar refractivity (Wildman–Crippen MR) is 52.6 cm³/mol. The van der Waals surface area contributed by atoms with Crippen LogP contribution >= 0.6 is 0 Å². The molecule has 0 spiro atoms. The lowest BCUT2D eigenvalue weighted by molar-refractivity contribution is -0.150. The van der Waals surface area contributed by atoms with Gasteiger partial charge in [0.05, 0.1) is 5.41 Å².